The smallest absolute Gasteiger partial charge is 0.510 e. The van der Waals surface area contributed by atoms with Crippen LogP contribution in [0.2, 0.25) is 0 Å². The van der Waals surface area contributed by atoms with E-state index in [9.17, 15) is 9.18 Å². The van der Waals surface area contributed by atoms with E-state index in [1.165, 1.54) is 0 Å². The third kappa shape index (κ3) is 2.44. The zero-order chi connectivity index (χ0) is 10.7. The van der Waals surface area contributed by atoms with Gasteiger partial charge in [0.1, 0.15) is 5.75 Å². The van der Waals surface area contributed by atoms with Crippen LogP contribution in [-0.2, 0) is 0 Å². The van der Waals surface area contributed by atoms with E-state index in [1.54, 1.807) is 0 Å². The van der Waals surface area contributed by atoms with Gasteiger partial charge >= 0.3 is 13.3 Å². The first kappa shape index (κ1) is 10.5. The average Bonchev–Trinajstić information content (AvgIpc) is 2.07. The normalized spacial score (nSPS) is 9.64. The fraction of sp³-hybridized carbons (Fsp3) is 0. The molecule has 0 spiro atoms. The number of aromatic carboxylic acids is 1. The van der Waals surface area contributed by atoms with Crippen molar-refractivity contribution in [2.75, 3.05) is 0 Å². The van der Waals surface area contributed by atoms with Crippen LogP contribution in [0.4, 0.5) is 4.39 Å². The Bertz CT molecular complexity index is 354. The molecule has 1 aromatic carbocycles. The minimum Gasteiger partial charge on any atom is -0.510 e. The third-order valence-corrected chi connectivity index (χ3v) is 1.41. The van der Waals surface area contributed by atoms with Crippen LogP contribution in [0.3, 0.4) is 0 Å². The summed E-state index contributed by atoms with van der Waals surface area (Å²) in [6.07, 6.45) is 0. The van der Waals surface area contributed by atoms with Crippen molar-refractivity contribution in [3.8, 4) is 5.75 Å². The lowest BCUT2D eigenvalue weighted by Gasteiger charge is -2.05. The maximum Gasteiger partial charge on any atom is 0.707 e. The summed E-state index contributed by atoms with van der Waals surface area (Å²) < 4.78 is 17.2. The fourth-order valence-corrected chi connectivity index (χ4v) is 0.843. The van der Waals surface area contributed by atoms with Crippen molar-refractivity contribution in [2.24, 2.45) is 0 Å². The van der Waals surface area contributed by atoms with Gasteiger partial charge in [-0.25, -0.2) is 9.18 Å². The molecule has 0 aliphatic heterocycles. The molecule has 1 aromatic rings. The summed E-state index contributed by atoms with van der Waals surface area (Å²) in [5, 5.41) is 25.2. The molecule has 0 saturated heterocycles. The van der Waals surface area contributed by atoms with Gasteiger partial charge in [-0.2, -0.15) is 0 Å². The molecule has 0 radical (unpaired) electrons. The van der Waals surface area contributed by atoms with Crippen LogP contribution in [0, 0.1) is 5.82 Å². The number of carboxylic acid groups (broad SMARTS) is 1. The van der Waals surface area contributed by atoms with Gasteiger partial charge in [-0.3, -0.25) is 0 Å². The monoisotopic (exact) mass is 200 g/mol. The number of carbonyl (C=O) groups is 1. The van der Waals surface area contributed by atoms with Crippen LogP contribution < -0.4 is 4.65 Å². The molecule has 0 aromatic heterocycles. The van der Waals surface area contributed by atoms with Crippen molar-refractivity contribution < 1.29 is 29.0 Å². The molecule has 0 aliphatic rings. The van der Waals surface area contributed by atoms with Crippen LogP contribution in [-0.4, -0.2) is 28.4 Å². The predicted molar refractivity (Wildman–Crippen MR) is 44.2 cm³/mol. The minimum atomic E-state index is -2.14. The molecule has 0 aliphatic carbocycles. The second-order valence-corrected chi connectivity index (χ2v) is 2.39. The molecule has 74 valence electrons. The molecule has 1 rings (SSSR count). The lowest BCUT2D eigenvalue weighted by atomic mass is 10.2. The van der Waals surface area contributed by atoms with Gasteiger partial charge < -0.3 is 19.8 Å². The summed E-state index contributed by atoms with van der Waals surface area (Å²) in [5.41, 5.74) is -0.248. The Hall–Kier alpha value is -1.60. The first-order valence-corrected chi connectivity index (χ1v) is 3.56. The highest BCUT2D eigenvalue weighted by atomic mass is 19.1. The highest BCUT2D eigenvalue weighted by Gasteiger charge is 2.15. The van der Waals surface area contributed by atoms with Crippen LogP contribution >= 0.6 is 0 Å². The molecule has 7 heteroatoms. The maximum absolute atomic E-state index is 13.0. The van der Waals surface area contributed by atoms with E-state index in [0.29, 0.717) is 0 Å². The third-order valence-electron chi connectivity index (χ3n) is 1.41. The van der Waals surface area contributed by atoms with E-state index in [1.807, 2.05) is 0 Å². The van der Waals surface area contributed by atoms with Crippen molar-refractivity contribution in [2.45, 2.75) is 0 Å². The van der Waals surface area contributed by atoms with Gasteiger partial charge in [-0.05, 0) is 18.2 Å². The molecule has 0 unspecified atom stereocenters. The molecule has 0 fully saturated rings. The van der Waals surface area contributed by atoms with E-state index < -0.39 is 24.9 Å². The SMILES string of the molecule is O=C(O)c1ccc(OB(O)O)c(F)c1. The minimum absolute atomic E-state index is 0.248. The molecule has 0 atom stereocenters. The highest BCUT2D eigenvalue weighted by Crippen LogP contribution is 2.18. The first-order chi connectivity index (χ1) is 6.50. The Morgan fingerprint density at radius 1 is 1.43 bits per heavy atom. The zero-order valence-electron chi connectivity index (χ0n) is 6.85. The van der Waals surface area contributed by atoms with Crippen LogP contribution in [0.1, 0.15) is 10.4 Å². The van der Waals surface area contributed by atoms with Gasteiger partial charge in [0.05, 0.1) is 5.56 Å². The highest BCUT2D eigenvalue weighted by molar-refractivity contribution is 6.33. The standard InChI is InChI=1S/C7H6BFO5/c9-5-3-4(7(10)11)1-2-6(5)14-8(12)13/h1-3,12-13H,(H,10,11). The van der Waals surface area contributed by atoms with Crippen molar-refractivity contribution in [1.82, 2.24) is 0 Å². The summed E-state index contributed by atoms with van der Waals surface area (Å²) in [6, 6.07) is 2.81. The zero-order valence-corrected chi connectivity index (χ0v) is 6.85. The summed E-state index contributed by atoms with van der Waals surface area (Å²) in [4.78, 5) is 10.4. The molecule has 3 N–H and O–H groups in total. The van der Waals surface area contributed by atoms with E-state index in [-0.39, 0.29) is 5.56 Å². The lowest BCUT2D eigenvalue weighted by Crippen LogP contribution is -2.21. The van der Waals surface area contributed by atoms with Gasteiger partial charge in [0.2, 0.25) is 0 Å². The number of hydrogen-bond donors (Lipinski definition) is 3. The van der Waals surface area contributed by atoms with Gasteiger partial charge in [0, 0.05) is 0 Å². The number of carboxylic acids is 1. The Labute approximate surface area is 78.5 Å². The number of halogens is 1. The van der Waals surface area contributed by atoms with Crippen molar-refractivity contribution in [1.29, 1.82) is 0 Å². The van der Waals surface area contributed by atoms with E-state index in [0.717, 1.165) is 18.2 Å². The number of benzene rings is 1. The molecule has 0 saturated carbocycles. The number of hydrogen-bond acceptors (Lipinski definition) is 4. The van der Waals surface area contributed by atoms with Crippen LogP contribution in [0.5, 0.6) is 5.75 Å². The topological polar surface area (TPSA) is 87.0 Å². The molecule has 0 heterocycles. The Morgan fingerprint density at radius 3 is 2.50 bits per heavy atom. The molecule has 14 heavy (non-hydrogen) atoms. The molecule has 0 bridgehead atoms. The Balaban J connectivity index is 2.95. The summed E-state index contributed by atoms with van der Waals surface area (Å²) in [7, 11) is -2.14. The Kier molecular flexibility index (Phi) is 3.05. The summed E-state index contributed by atoms with van der Waals surface area (Å²) in [6.45, 7) is 0. The van der Waals surface area contributed by atoms with Gasteiger partial charge in [0.15, 0.2) is 5.82 Å². The molecule has 5 nitrogen and oxygen atoms in total. The Morgan fingerprint density at radius 2 is 2.07 bits per heavy atom. The largest absolute Gasteiger partial charge is 0.707 e. The number of rotatable bonds is 3. The molecular formula is C7H6BFO5. The molecular weight excluding hydrogens is 194 g/mol. The average molecular weight is 200 g/mol. The van der Waals surface area contributed by atoms with Crippen molar-refractivity contribution in [3.05, 3.63) is 29.6 Å². The van der Waals surface area contributed by atoms with Crippen LogP contribution in [0.25, 0.3) is 0 Å². The summed E-state index contributed by atoms with van der Waals surface area (Å²) >= 11 is 0. The van der Waals surface area contributed by atoms with Gasteiger partial charge in [-0.15, -0.1) is 0 Å². The van der Waals surface area contributed by atoms with E-state index >= 15 is 0 Å². The van der Waals surface area contributed by atoms with Gasteiger partial charge in [0.25, 0.3) is 0 Å². The quantitative estimate of drug-likeness (QED) is 0.591. The predicted octanol–water partition coefficient (Wildman–Crippen LogP) is -0.128. The second kappa shape index (κ2) is 4.08. The van der Waals surface area contributed by atoms with E-state index in [4.69, 9.17) is 15.2 Å². The van der Waals surface area contributed by atoms with Crippen molar-refractivity contribution >= 4 is 13.3 Å². The molecule has 0 amide bonds. The lowest BCUT2D eigenvalue weighted by molar-refractivity contribution is 0.0696. The van der Waals surface area contributed by atoms with Crippen LogP contribution in [0.15, 0.2) is 18.2 Å². The van der Waals surface area contributed by atoms with E-state index in [2.05, 4.69) is 4.65 Å². The maximum atomic E-state index is 13.0. The van der Waals surface area contributed by atoms with Crippen molar-refractivity contribution in [3.63, 3.8) is 0 Å². The first-order valence-electron chi connectivity index (χ1n) is 3.56. The summed E-state index contributed by atoms with van der Waals surface area (Å²) in [5.74, 6) is -2.68. The van der Waals surface area contributed by atoms with Gasteiger partial charge in [-0.1, -0.05) is 0 Å². The fourth-order valence-electron chi connectivity index (χ4n) is 0.843. The second-order valence-electron chi connectivity index (χ2n) is 2.39.